The third-order valence-electron chi connectivity index (χ3n) is 2.52. The zero-order valence-corrected chi connectivity index (χ0v) is 9.43. The molecule has 15 heavy (non-hydrogen) atoms. The van der Waals surface area contributed by atoms with E-state index in [1.54, 1.807) is 6.20 Å². The van der Waals surface area contributed by atoms with E-state index in [-0.39, 0.29) is 0 Å². The van der Waals surface area contributed by atoms with Gasteiger partial charge in [0.15, 0.2) is 0 Å². The fourth-order valence-corrected chi connectivity index (χ4v) is 1.57. The molecular weight excluding hydrogens is 192 g/mol. The average molecular weight is 212 g/mol. The molecule has 0 aliphatic rings. The first-order valence-electron chi connectivity index (χ1n) is 5.55. The van der Waals surface area contributed by atoms with Gasteiger partial charge in [0, 0.05) is 25.4 Å². The van der Waals surface area contributed by atoms with Crippen LogP contribution in [-0.2, 0) is 13.0 Å². The highest BCUT2D eigenvalue weighted by molar-refractivity contribution is 4.95. The molecule has 1 aromatic heterocycles. The van der Waals surface area contributed by atoms with Gasteiger partial charge in [-0.25, -0.2) is 4.98 Å². The SMILES string of the molecule is CCCn1ccnc1CC(O)C(O)CC. The van der Waals surface area contributed by atoms with Gasteiger partial charge in [0.05, 0.1) is 12.2 Å². The monoisotopic (exact) mass is 212 g/mol. The minimum atomic E-state index is -0.715. The lowest BCUT2D eigenvalue weighted by molar-refractivity contribution is 0.0166. The van der Waals surface area contributed by atoms with Gasteiger partial charge < -0.3 is 14.8 Å². The standard InChI is InChI=1S/C11H20N2O2/c1-3-6-13-7-5-12-11(13)8-10(15)9(14)4-2/h5,7,9-10,14-15H,3-4,6,8H2,1-2H3. The van der Waals surface area contributed by atoms with E-state index in [0.717, 1.165) is 18.8 Å². The molecule has 0 saturated carbocycles. The molecule has 1 heterocycles. The predicted octanol–water partition coefficient (Wildman–Crippen LogP) is 0.967. The summed E-state index contributed by atoms with van der Waals surface area (Å²) < 4.78 is 2.02. The van der Waals surface area contributed by atoms with Crippen LogP contribution >= 0.6 is 0 Å². The van der Waals surface area contributed by atoms with E-state index in [4.69, 9.17) is 0 Å². The average Bonchev–Trinajstić information content (AvgIpc) is 2.65. The van der Waals surface area contributed by atoms with Gasteiger partial charge in [-0.05, 0) is 12.8 Å². The highest BCUT2D eigenvalue weighted by Gasteiger charge is 2.16. The van der Waals surface area contributed by atoms with Crippen molar-refractivity contribution in [2.75, 3.05) is 0 Å². The van der Waals surface area contributed by atoms with Crippen LogP contribution in [0.25, 0.3) is 0 Å². The Morgan fingerprint density at radius 1 is 1.33 bits per heavy atom. The summed E-state index contributed by atoms with van der Waals surface area (Å²) in [6.45, 7) is 4.86. The fourth-order valence-electron chi connectivity index (χ4n) is 1.57. The Balaban J connectivity index is 2.59. The predicted molar refractivity (Wildman–Crippen MR) is 58.5 cm³/mol. The van der Waals surface area contributed by atoms with Gasteiger partial charge in [0.25, 0.3) is 0 Å². The fraction of sp³-hybridized carbons (Fsp3) is 0.727. The lowest BCUT2D eigenvalue weighted by atomic mass is 10.1. The van der Waals surface area contributed by atoms with Crippen LogP contribution in [0.3, 0.4) is 0 Å². The topological polar surface area (TPSA) is 58.3 Å². The minimum Gasteiger partial charge on any atom is -0.390 e. The number of aliphatic hydroxyl groups is 2. The molecule has 0 spiro atoms. The van der Waals surface area contributed by atoms with Crippen molar-refractivity contribution >= 4 is 0 Å². The molecule has 0 radical (unpaired) electrons. The lowest BCUT2D eigenvalue weighted by Gasteiger charge is -2.16. The first-order valence-corrected chi connectivity index (χ1v) is 5.55. The van der Waals surface area contributed by atoms with E-state index in [0.29, 0.717) is 12.8 Å². The highest BCUT2D eigenvalue weighted by Crippen LogP contribution is 2.07. The minimum absolute atomic E-state index is 0.419. The zero-order valence-electron chi connectivity index (χ0n) is 9.43. The summed E-state index contributed by atoms with van der Waals surface area (Å²) in [6.07, 6.45) is 4.29. The van der Waals surface area contributed by atoms with E-state index >= 15 is 0 Å². The summed E-state index contributed by atoms with van der Waals surface area (Å²) in [5, 5.41) is 19.1. The Kier molecular flexibility index (Phi) is 4.78. The molecular formula is C11H20N2O2. The first-order chi connectivity index (χ1) is 7.19. The number of rotatable bonds is 6. The van der Waals surface area contributed by atoms with E-state index in [9.17, 15) is 10.2 Å². The quantitative estimate of drug-likeness (QED) is 0.738. The van der Waals surface area contributed by atoms with E-state index in [1.807, 2.05) is 17.7 Å². The van der Waals surface area contributed by atoms with Crippen molar-refractivity contribution in [3.05, 3.63) is 18.2 Å². The molecule has 2 unspecified atom stereocenters. The van der Waals surface area contributed by atoms with Crippen LogP contribution < -0.4 is 0 Å². The Bertz CT molecular complexity index is 286. The lowest BCUT2D eigenvalue weighted by Crippen LogP contribution is -2.28. The molecule has 2 N–H and O–H groups in total. The largest absolute Gasteiger partial charge is 0.390 e. The van der Waals surface area contributed by atoms with Crippen LogP contribution in [0, 0.1) is 0 Å². The Hall–Kier alpha value is -0.870. The van der Waals surface area contributed by atoms with Gasteiger partial charge >= 0.3 is 0 Å². The summed E-state index contributed by atoms with van der Waals surface area (Å²) in [7, 11) is 0. The van der Waals surface area contributed by atoms with E-state index in [2.05, 4.69) is 11.9 Å². The molecule has 0 aliphatic carbocycles. The number of imidazole rings is 1. The zero-order chi connectivity index (χ0) is 11.3. The summed E-state index contributed by atoms with van der Waals surface area (Å²) in [4.78, 5) is 4.18. The van der Waals surface area contributed by atoms with Crippen LogP contribution in [0.5, 0.6) is 0 Å². The third kappa shape index (κ3) is 3.32. The summed E-state index contributed by atoms with van der Waals surface area (Å²) in [6, 6.07) is 0. The summed E-state index contributed by atoms with van der Waals surface area (Å²) >= 11 is 0. The number of hydrogen-bond acceptors (Lipinski definition) is 3. The van der Waals surface area contributed by atoms with Crippen molar-refractivity contribution in [3.8, 4) is 0 Å². The van der Waals surface area contributed by atoms with Crippen molar-refractivity contribution in [2.45, 2.75) is 51.9 Å². The van der Waals surface area contributed by atoms with Crippen molar-refractivity contribution in [2.24, 2.45) is 0 Å². The number of aryl methyl sites for hydroxylation is 1. The van der Waals surface area contributed by atoms with Crippen molar-refractivity contribution in [3.63, 3.8) is 0 Å². The summed E-state index contributed by atoms with van der Waals surface area (Å²) in [5.74, 6) is 0.844. The molecule has 4 nitrogen and oxygen atoms in total. The molecule has 0 aliphatic heterocycles. The van der Waals surface area contributed by atoms with Crippen LogP contribution in [-0.4, -0.2) is 32.0 Å². The second-order valence-electron chi connectivity index (χ2n) is 3.78. The van der Waals surface area contributed by atoms with Crippen molar-refractivity contribution in [1.29, 1.82) is 0 Å². The third-order valence-corrected chi connectivity index (χ3v) is 2.52. The van der Waals surface area contributed by atoms with Crippen LogP contribution in [0.4, 0.5) is 0 Å². The Morgan fingerprint density at radius 3 is 2.67 bits per heavy atom. The van der Waals surface area contributed by atoms with Crippen molar-refractivity contribution < 1.29 is 10.2 Å². The molecule has 0 aromatic carbocycles. The maximum Gasteiger partial charge on any atom is 0.111 e. The van der Waals surface area contributed by atoms with Gasteiger partial charge in [0.2, 0.25) is 0 Å². The molecule has 1 aromatic rings. The van der Waals surface area contributed by atoms with Gasteiger partial charge in [-0.2, -0.15) is 0 Å². The molecule has 2 atom stereocenters. The van der Waals surface area contributed by atoms with Gasteiger partial charge in [-0.3, -0.25) is 0 Å². The van der Waals surface area contributed by atoms with E-state index < -0.39 is 12.2 Å². The molecule has 1 rings (SSSR count). The van der Waals surface area contributed by atoms with Crippen molar-refractivity contribution in [1.82, 2.24) is 9.55 Å². The second kappa shape index (κ2) is 5.88. The smallest absolute Gasteiger partial charge is 0.111 e. The first kappa shape index (κ1) is 12.2. The molecule has 0 saturated heterocycles. The van der Waals surface area contributed by atoms with Crippen LogP contribution in [0.15, 0.2) is 12.4 Å². The molecule has 0 amide bonds. The number of hydrogen-bond donors (Lipinski definition) is 2. The summed E-state index contributed by atoms with van der Waals surface area (Å²) in [5.41, 5.74) is 0. The maximum absolute atomic E-state index is 9.68. The van der Waals surface area contributed by atoms with Crippen LogP contribution in [0.1, 0.15) is 32.5 Å². The number of nitrogens with zero attached hydrogens (tertiary/aromatic N) is 2. The maximum atomic E-state index is 9.68. The van der Waals surface area contributed by atoms with E-state index in [1.165, 1.54) is 0 Å². The number of aromatic nitrogens is 2. The molecule has 0 fully saturated rings. The molecule has 0 bridgehead atoms. The second-order valence-corrected chi connectivity index (χ2v) is 3.78. The van der Waals surface area contributed by atoms with Gasteiger partial charge in [-0.15, -0.1) is 0 Å². The van der Waals surface area contributed by atoms with Gasteiger partial charge in [0.1, 0.15) is 5.82 Å². The molecule has 86 valence electrons. The Morgan fingerprint density at radius 2 is 2.07 bits per heavy atom. The number of aliphatic hydroxyl groups excluding tert-OH is 2. The van der Waals surface area contributed by atoms with Gasteiger partial charge in [-0.1, -0.05) is 13.8 Å². The Labute approximate surface area is 90.6 Å². The van der Waals surface area contributed by atoms with Crippen LogP contribution in [0.2, 0.25) is 0 Å². The molecule has 4 heteroatoms. The highest BCUT2D eigenvalue weighted by atomic mass is 16.3. The normalized spacial score (nSPS) is 15.2.